The maximum Gasteiger partial charge on any atom is 0.354 e. The first kappa shape index (κ1) is 27.3. The van der Waals surface area contributed by atoms with Crippen molar-refractivity contribution >= 4 is 24.4 Å². The van der Waals surface area contributed by atoms with Gasteiger partial charge in [-0.05, 0) is 22.6 Å². The monoisotopic (exact) mass is 486 g/mol. The molecule has 0 aliphatic rings. The van der Waals surface area contributed by atoms with E-state index in [0.717, 1.165) is 16.0 Å². The summed E-state index contributed by atoms with van der Waals surface area (Å²) < 4.78 is 0. The SMILES string of the molecule is CC(C)CN(C(=O)NCC(O)O)C(=O)N[C@@H](Cc1ccc(-c2ccccc2)cc1)C(=O)ONC=O. The molecule has 0 bridgehead atoms. The van der Waals surface area contributed by atoms with Crippen molar-refractivity contribution in [1.29, 1.82) is 0 Å². The zero-order chi connectivity index (χ0) is 25.8. The third-order valence-corrected chi connectivity index (χ3v) is 4.76. The third kappa shape index (κ3) is 9.07. The van der Waals surface area contributed by atoms with Gasteiger partial charge in [-0.1, -0.05) is 68.4 Å². The number of amides is 5. The van der Waals surface area contributed by atoms with Crippen LogP contribution in [0.3, 0.4) is 0 Å². The molecule has 5 amide bonds. The number of carbonyl (C=O) groups is 4. The molecule has 0 saturated heterocycles. The summed E-state index contributed by atoms with van der Waals surface area (Å²) in [6, 6.07) is 14.0. The predicted molar refractivity (Wildman–Crippen MR) is 126 cm³/mol. The molecule has 0 aliphatic carbocycles. The van der Waals surface area contributed by atoms with Crippen molar-refractivity contribution in [1.82, 2.24) is 21.0 Å². The van der Waals surface area contributed by atoms with Crippen LogP contribution in [0.15, 0.2) is 54.6 Å². The molecule has 0 spiro atoms. The fourth-order valence-electron chi connectivity index (χ4n) is 3.17. The van der Waals surface area contributed by atoms with E-state index in [4.69, 9.17) is 10.2 Å². The van der Waals surface area contributed by atoms with Gasteiger partial charge in [-0.15, -0.1) is 0 Å². The van der Waals surface area contributed by atoms with E-state index in [1.165, 1.54) is 0 Å². The van der Waals surface area contributed by atoms with Gasteiger partial charge in [0.2, 0.25) is 6.41 Å². The van der Waals surface area contributed by atoms with Gasteiger partial charge in [0.15, 0.2) is 6.29 Å². The Morgan fingerprint density at radius 3 is 2.17 bits per heavy atom. The number of nitrogens with zero attached hydrogens (tertiary/aromatic N) is 1. The van der Waals surface area contributed by atoms with Crippen LogP contribution in [0, 0.1) is 5.92 Å². The molecule has 1 atom stereocenters. The molecule has 0 radical (unpaired) electrons. The van der Waals surface area contributed by atoms with Crippen LogP contribution in [0.5, 0.6) is 0 Å². The van der Waals surface area contributed by atoms with Gasteiger partial charge in [0.1, 0.15) is 6.04 Å². The van der Waals surface area contributed by atoms with Crippen molar-refractivity contribution in [2.75, 3.05) is 13.1 Å². The highest BCUT2D eigenvalue weighted by Gasteiger charge is 2.29. The fourth-order valence-corrected chi connectivity index (χ4v) is 3.17. The molecule has 2 aromatic rings. The van der Waals surface area contributed by atoms with Gasteiger partial charge in [-0.25, -0.2) is 19.3 Å². The van der Waals surface area contributed by atoms with Gasteiger partial charge >= 0.3 is 18.0 Å². The van der Waals surface area contributed by atoms with E-state index in [0.29, 0.717) is 5.56 Å². The minimum Gasteiger partial charge on any atom is -0.367 e. The number of hydroxylamine groups is 1. The quantitative estimate of drug-likeness (QED) is 0.181. The molecule has 11 nitrogen and oxygen atoms in total. The topological polar surface area (TPSA) is 157 Å². The standard InChI is InChI=1S/C24H30N4O7/c1-16(2)14-28(23(33)25-13-21(30)31)24(34)27-20(22(32)35-26-15-29)12-17-8-10-19(11-9-17)18-6-4-3-5-7-18/h3-11,15-16,20-21,30-31H,12-14H2,1-2H3,(H,25,33)(H,26,29)(H,27,34)/t20-/m0/s1. The summed E-state index contributed by atoms with van der Waals surface area (Å²) in [5.41, 5.74) is 4.48. The lowest BCUT2D eigenvalue weighted by atomic mass is 10.0. The zero-order valence-corrected chi connectivity index (χ0v) is 19.5. The lowest BCUT2D eigenvalue weighted by Crippen LogP contribution is -2.55. The first-order chi connectivity index (χ1) is 16.7. The number of hydrogen-bond donors (Lipinski definition) is 5. The largest absolute Gasteiger partial charge is 0.367 e. The van der Waals surface area contributed by atoms with E-state index in [1.807, 2.05) is 42.5 Å². The maximum absolute atomic E-state index is 12.9. The van der Waals surface area contributed by atoms with Crippen LogP contribution in [-0.2, 0) is 20.8 Å². The minimum atomic E-state index is -1.79. The Labute approximate surface area is 203 Å². The average molecular weight is 487 g/mol. The van der Waals surface area contributed by atoms with E-state index in [1.54, 1.807) is 31.5 Å². The average Bonchev–Trinajstić information content (AvgIpc) is 2.84. The number of carbonyl (C=O) groups excluding carboxylic acids is 4. The van der Waals surface area contributed by atoms with E-state index >= 15 is 0 Å². The zero-order valence-electron chi connectivity index (χ0n) is 19.5. The van der Waals surface area contributed by atoms with Gasteiger partial charge < -0.3 is 25.7 Å². The number of benzene rings is 2. The molecule has 0 aromatic heterocycles. The van der Waals surface area contributed by atoms with Crippen LogP contribution in [-0.4, -0.2) is 65.0 Å². The number of hydrogen-bond acceptors (Lipinski definition) is 7. The van der Waals surface area contributed by atoms with Gasteiger partial charge in [0.25, 0.3) is 0 Å². The molecule has 0 aliphatic heterocycles. The molecule has 11 heteroatoms. The number of nitrogens with one attached hydrogen (secondary N) is 3. The Bertz CT molecular complexity index is 981. The van der Waals surface area contributed by atoms with E-state index in [2.05, 4.69) is 15.5 Å². The minimum absolute atomic E-state index is 0.000676. The van der Waals surface area contributed by atoms with Gasteiger partial charge in [0.05, 0.1) is 6.54 Å². The first-order valence-electron chi connectivity index (χ1n) is 11.0. The first-order valence-corrected chi connectivity index (χ1v) is 11.0. The molecule has 35 heavy (non-hydrogen) atoms. The Kier molecular flexibility index (Phi) is 10.7. The molecule has 0 unspecified atom stereocenters. The predicted octanol–water partition coefficient (Wildman–Crippen LogP) is 1.16. The summed E-state index contributed by atoms with van der Waals surface area (Å²) in [5.74, 6) is -1.05. The number of aliphatic hydroxyl groups excluding tert-OH is 1. The van der Waals surface area contributed by atoms with E-state index in [9.17, 15) is 19.2 Å². The van der Waals surface area contributed by atoms with Crippen LogP contribution in [0.1, 0.15) is 19.4 Å². The lowest BCUT2D eigenvalue weighted by Gasteiger charge is -2.26. The molecule has 2 aromatic carbocycles. The Morgan fingerprint density at radius 1 is 0.971 bits per heavy atom. The van der Waals surface area contributed by atoms with Crippen LogP contribution >= 0.6 is 0 Å². The highest BCUT2D eigenvalue weighted by Crippen LogP contribution is 2.20. The Hall–Kier alpha value is -3.96. The lowest BCUT2D eigenvalue weighted by molar-refractivity contribution is -0.156. The van der Waals surface area contributed by atoms with Crippen molar-refractivity contribution in [2.45, 2.75) is 32.6 Å². The number of aliphatic hydroxyl groups is 2. The third-order valence-electron chi connectivity index (χ3n) is 4.76. The van der Waals surface area contributed by atoms with Crippen LogP contribution in [0.4, 0.5) is 9.59 Å². The summed E-state index contributed by atoms with van der Waals surface area (Å²) in [6.07, 6.45) is -1.60. The second kappa shape index (κ2) is 13.7. The van der Waals surface area contributed by atoms with Crippen LogP contribution < -0.4 is 16.1 Å². The number of rotatable bonds is 11. The van der Waals surface area contributed by atoms with Gasteiger partial charge in [-0.3, -0.25) is 4.79 Å². The van der Waals surface area contributed by atoms with Gasteiger partial charge in [0, 0.05) is 13.0 Å². The summed E-state index contributed by atoms with van der Waals surface area (Å²) in [4.78, 5) is 53.9. The van der Waals surface area contributed by atoms with Crippen molar-refractivity contribution < 1.29 is 34.2 Å². The highest BCUT2D eigenvalue weighted by atomic mass is 16.7. The Morgan fingerprint density at radius 2 is 1.60 bits per heavy atom. The van der Waals surface area contributed by atoms with Crippen LogP contribution in [0.2, 0.25) is 0 Å². The molecule has 0 saturated carbocycles. The van der Waals surface area contributed by atoms with E-state index < -0.39 is 36.9 Å². The van der Waals surface area contributed by atoms with Crippen molar-refractivity contribution in [2.24, 2.45) is 5.92 Å². The second-order valence-electron chi connectivity index (χ2n) is 8.10. The molecule has 188 valence electrons. The molecule has 2 rings (SSSR count). The fraction of sp³-hybridized carbons (Fsp3) is 0.333. The summed E-state index contributed by atoms with van der Waals surface area (Å²) in [6.45, 7) is 3.08. The molecule has 5 N–H and O–H groups in total. The normalized spacial score (nSPS) is 11.5. The van der Waals surface area contributed by atoms with Crippen molar-refractivity contribution in [3.8, 4) is 11.1 Å². The summed E-state index contributed by atoms with van der Waals surface area (Å²) in [5, 5.41) is 22.7. The number of urea groups is 2. The molecular weight excluding hydrogens is 456 g/mol. The van der Waals surface area contributed by atoms with Crippen molar-refractivity contribution in [3.05, 3.63) is 60.2 Å². The molecule has 0 heterocycles. The van der Waals surface area contributed by atoms with E-state index in [-0.39, 0.29) is 25.3 Å². The second-order valence-corrected chi connectivity index (χ2v) is 8.10. The van der Waals surface area contributed by atoms with Crippen molar-refractivity contribution in [3.63, 3.8) is 0 Å². The maximum atomic E-state index is 12.9. The smallest absolute Gasteiger partial charge is 0.354 e. The highest BCUT2D eigenvalue weighted by molar-refractivity contribution is 5.95. The van der Waals surface area contributed by atoms with Gasteiger partial charge in [-0.2, -0.15) is 5.48 Å². The summed E-state index contributed by atoms with van der Waals surface area (Å²) >= 11 is 0. The Balaban J connectivity index is 2.19. The molecule has 0 fully saturated rings. The van der Waals surface area contributed by atoms with Crippen LogP contribution in [0.25, 0.3) is 11.1 Å². The summed E-state index contributed by atoms with van der Waals surface area (Å²) in [7, 11) is 0. The molecular formula is C24H30N4O7. The number of imide groups is 1.